The monoisotopic (exact) mass is 385 g/mol. The highest BCUT2D eigenvalue weighted by Crippen LogP contribution is 2.47. The standard InChI is InChI=1S/C26H31N3/c1-26(2,3)20-8-14-23(15-9-20)29-24(18-4-10-21(27)11-5-18)16-17-25(29)19-6-12-22(28)13-7-19/h4-15,24-25H,16-17,27-28H2,1-3H3/t24-,25?/m0/s1. The van der Waals surface area contributed by atoms with Crippen LogP contribution < -0.4 is 16.4 Å². The van der Waals surface area contributed by atoms with Crippen LogP contribution >= 0.6 is 0 Å². The minimum atomic E-state index is 0.149. The van der Waals surface area contributed by atoms with Gasteiger partial charge in [-0.05, 0) is 71.3 Å². The van der Waals surface area contributed by atoms with Gasteiger partial charge in [0.2, 0.25) is 0 Å². The third kappa shape index (κ3) is 3.95. The number of nitrogens with zero attached hydrogens (tertiary/aromatic N) is 1. The molecular weight excluding hydrogens is 354 g/mol. The van der Waals surface area contributed by atoms with Crippen LogP contribution in [0.2, 0.25) is 0 Å². The first kappa shape index (κ1) is 19.4. The van der Waals surface area contributed by atoms with Crippen molar-refractivity contribution in [2.75, 3.05) is 16.4 Å². The molecule has 1 unspecified atom stereocenters. The summed E-state index contributed by atoms with van der Waals surface area (Å²) in [4.78, 5) is 2.57. The minimum Gasteiger partial charge on any atom is -0.399 e. The van der Waals surface area contributed by atoms with Gasteiger partial charge in [0.1, 0.15) is 0 Å². The van der Waals surface area contributed by atoms with E-state index >= 15 is 0 Å². The van der Waals surface area contributed by atoms with Crippen molar-refractivity contribution in [1.82, 2.24) is 0 Å². The summed E-state index contributed by atoms with van der Waals surface area (Å²) in [5.41, 5.74) is 18.9. The van der Waals surface area contributed by atoms with E-state index in [1.54, 1.807) is 0 Å². The van der Waals surface area contributed by atoms with Crippen LogP contribution in [0.3, 0.4) is 0 Å². The number of anilines is 3. The van der Waals surface area contributed by atoms with Gasteiger partial charge in [0.05, 0.1) is 12.1 Å². The molecule has 0 saturated carbocycles. The van der Waals surface area contributed by atoms with E-state index in [1.807, 2.05) is 24.3 Å². The van der Waals surface area contributed by atoms with Gasteiger partial charge in [-0.2, -0.15) is 0 Å². The molecule has 1 saturated heterocycles. The number of nitrogen functional groups attached to an aromatic ring is 2. The number of nitrogens with two attached hydrogens (primary N) is 2. The first-order valence-electron chi connectivity index (χ1n) is 10.4. The van der Waals surface area contributed by atoms with Crippen molar-refractivity contribution < 1.29 is 0 Å². The van der Waals surface area contributed by atoms with Gasteiger partial charge >= 0.3 is 0 Å². The zero-order chi connectivity index (χ0) is 20.6. The van der Waals surface area contributed by atoms with Crippen molar-refractivity contribution >= 4 is 17.1 Å². The minimum absolute atomic E-state index is 0.149. The van der Waals surface area contributed by atoms with E-state index in [0.29, 0.717) is 12.1 Å². The fourth-order valence-corrected chi connectivity index (χ4v) is 4.40. The summed E-state index contributed by atoms with van der Waals surface area (Å²) in [5, 5.41) is 0. The third-order valence-electron chi connectivity index (χ3n) is 6.06. The van der Waals surface area contributed by atoms with Crippen LogP contribution in [-0.4, -0.2) is 0 Å². The Morgan fingerprint density at radius 1 is 0.655 bits per heavy atom. The molecule has 1 heterocycles. The average Bonchev–Trinajstić information content (AvgIpc) is 3.13. The molecule has 0 aromatic heterocycles. The molecule has 1 aliphatic heterocycles. The Morgan fingerprint density at radius 3 is 1.45 bits per heavy atom. The quantitative estimate of drug-likeness (QED) is 0.525. The third-order valence-corrected chi connectivity index (χ3v) is 6.06. The highest BCUT2D eigenvalue weighted by molar-refractivity contribution is 5.56. The van der Waals surface area contributed by atoms with Crippen molar-refractivity contribution in [2.45, 2.75) is 51.1 Å². The molecule has 1 aliphatic rings. The van der Waals surface area contributed by atoms with Crippen LogP contribution in [-0.2, 0) is 5.41 Å². The summed E-state index contributed by atoms with van der Waals surface area (Å²) >= 11 is 0. The van der Waals surface area contributed by atoms with Crippen LogP contribution in [0.4, 0.5) is 17.1 Å². The van der Waals surface area contributed by atoms with Gasteiger partial charge in [0.25, 0.3) is 0 Å². The van der Waals surface area contributed by atoms with E-state index in [1.165, 1.54) is 22.4 Å². The largest absolute Gasteiger partial charge is 0.399 e. The van der Waals surface area contributed by atoms with Crippen LogP contribution in [0.1, 0.15) is 62.4 Å². The van der Waals surface area contributed by atoms with Gasteiger partial charge in [-0.3, -0.25) is 0 Å². The second-order valence-electron chi connectivity index (χ2n) is 9.15. The average molecular weight is 386 g/mol. The second kappa shape index (κ2) is 7.47. The fraction of sp³-hybridized carbons (Fsp3) is 0.308. The van der Waals surface area contributed by atoms with E-state index in [0.717, 1.165) is 24.2 Å². The molecule has 0 radical (unpaired) electrons. The molecule has 0 spiro atoms. The molecular formula is C26H31N3. The predicted molar refractivity (Wildman–Crippen MR) is 124 cm³/mol. The Bertz CT molecular complexity index is 897. The van der Waals surface area contributed by atoms with E-state index < -0.39 is 0 Å². The maximum atomic E-state index is 5.94. The fourth-order valence-electron chi connectivity index (χ4n) is 4.40. The lowest BCUT2D eigenvalue weighted by Gasteiger charge is -2.34. The number of benzene rings is 3. The Morgan fingerprint density at radius 2 is 1.07 bits per heavy atom. The van der Waals surface area contributed by atoms with E-state index in [2.05, 4.69) is 74.2 Å². The van der Waals surface area contributed by atoms with Gasteiger partial charge < -0.3 is 16.4 Å². The number of rotatable bonds is 3. The zero-order valence-electron chi connectivity index (χ0n) is 17.6. The van der Waals surface area contributed by atoms with Crippen LogP contribution in [0.25, 0.3) is 0 Å². The summed E-state index contributed by atoms with van der Waals surface area (Å²) in [6.45, 7) is 6.77. The SMILES string of the molecule is CC(C)(C)c1ccc(N2C(c3ccc(N)cc3)CC[C@H]2c2ccc(N)cc2)cc1. The first-order valence-corrected chi connectivity index (χ1v) is 10.4. The lowest BCUT2D eigenvalue weighted by molar-refractivity contribution is 0.589. The molecule has 0 bridgehead atoms. The van der Waals surface area contributed by atoms with Gasteiger partial charge in [0.15, 0.2) is 0 Å². The molecule has 3 aromatic carbocycles. The molecule has 1 fully saturated rings. The number of hydrogen-bond acceptors (Lipinski definition) is 3. The van der Waals surface area contributed by atoms with Crippen molar-refractivity contribution in [3.05, 3.63) is 89.5 Å². The van der Waals surface area contributed by atoms with Crippen molar-refractivity contribution in [2.24, 2.45) is 0 Å². The lowest BCUT2D eigenvalue weighted by Crippen LogP contribution is -2.26. The Kier molecular flexibility index (Phi) is 4.99. The molecule has 150 valence electrons. The molecule has 2 atom stereocenters. The molecule has 4 N–H and O–H groups in total. The Balaban J connectivity index is 1.74. The van der Waals surface area contributed by atoms with E-state index in [4.69, 9.17) is 11.5 Å². The molecule has 3 aromatic rings. The molecule has 3 nitrogen and oxygen atoms in total. The summed E-state index contributed by atoms with van der Waals surface area (Å²) in [7, 11) is 0. The maximum absolute atomic E-state index is 5.94. The summed E-state index contributed by atoms with van der Waals surface area (Å²) in [6.07, 6.45) is 2.22. The summed E-state index contributed by atoms with van der Waals surface area (Å²) in [5.74, 6) is 0. The van der Waals surface area contributed by atoms with Crippen molar-refractivity contribution in [3.8, 4) is 0 Å². The van der Waals surface area contributed by atoms with Gasteiger partial charge in [-0.25, -0.2) is 0 Å². The Labute approximate surface area is 174 Å². The van der Waals surface area contributed by atoms with E-state index in [-0.39, 0.29) is 5.41 Å². The van der Waals surface area contributed by atoms with Crippen LogP contribution in [0.15, 0.2) is 72.8 Å². The van der Waals surface area contributed by atoms with Crippen LogP contribution in [0, 0.1) is 0 Å². The maximum Gasteiger partial charge on any atom is 0.0549 e. The van der Waals surface area contributed by atoms with Crippen molar-refractivity contribution in [1.29, 1.82) is 0 Å². The summed E-state index contributed by atoms with van der Waals surface area (Å²) in [6, 6.07) is 26.5. The van der Waals surface area contributed by atoms with Crippen LogP contribution in [0.5, 0.6) is 0 Å². The highest BCUT2D eigenvalue weighted by Gasteiger charge is 2.35. The van der Waals surface area contributed by atoms with Gasteiger partial charge in [0, 0.05) is 17.1 Å². The highest BCUT2D eigenvalue weighted by atomic mass is 15.2. The zero-order valence-corrected chi connectivity index (χ0v) is 17.6. The van der Waals surface area contributed by atoms with E-state index in [9.17, 15) is 0 Å². The Hall–Kier alpha value is -2.94. The molecule has 3 heteroatoms. The second-order valence-corrected chi connectivity index (χ2v) is 9.15. The molecule has 0 aliphatic carbocycles. The van der Waals surface area contributed by atoms with Gasteiger partial charge in [-0.1, -0.05) is 57.2 Å². The van der Waals surface area contributed by atoms with Crippen molar-refractivity contribution in [3.63, 3.8) is 0 Å². The molecule has 4 rings (SSSR count). The number of hydrogen-bond donors (Lipinski definition) is 2. The molecule has 29 heavy (non-hydrogen) atoms. The lowest BCUT2D eigenvalue weighted by atomic mass is 9.87. The predicted octanol–water partition coefficient (Wildman–Crippen LogP) is 6.23. The topological polar surface area (TPSA) is 55.3 Å². The molecule has 0 amide bonds. The van der Waals surface area contributed by atoms with Gasteiger partial charge in [-0.15, -0.1) is 0 Å². The normalized spacial score (nSPS) is 19.5. The summed E-state index contributed by atoms with van der Waals surface area (Å²) < 4.78 is 0. The first-order chi connectivity index (χ1) is 13.8. The smallest absolute Gasteiger partial charge is 0.0549 e.